The molecular formula is C11H11NOS. The van der Waals surface area contributed by atoms with E-state index < -0.39 is 0 Å². The van der Waals surface area contributed by atoms with Crippen LogP contribution in [0.4, 0.5) is 0 Å². The maximum absolute atomic E-state index is 11.0. The molecule has 0 N–H and O–H groups in total. The molecular weight excluding hydrogens is 194 g/mol. The molecule has 1 aromatic carbocycles. The Balaban J connectivity index is 2.33. The average molecular weight is 205 g/mol. The van der Waals surface area contributed by atoms with Crippen molar-refractivity contribution in [3.8, 4) is 0 Å². The molecule has 0 bridgehead atoms. The molecule has 0 aliphatic heterocycles. The molecule has 1 unspecified atom stereocenters. The minimum Gasteiger partial charge on any atom is -0.295 e. The fraction of sp³-hybridized carbons (Fsp3) is 0.182. The molecule has 0 saturated carbocycles. The topological polar surface area (TPSA) is 22.0 Å². The van der Waals surface area contributed by atoms with Crippen LogP contribution in [0.1, 0.15) is 18.5 Å². The summed E-state index contributed by atoms with van der Waals surface area (Å²) in [6.07, 6.45) is 1.84. The third-order valence-electron chi connectivity index (χ3n) is 2.22. The van der Waals surface area contributed by atoms with Gasteiger partial charge in [-0.05, 0) is 24.0 Å². The molecule has 3 heteroatoms. The van der Waals surface area contributed by atoms with Gasteiger partial charge in [-0.2, -0.15) is 0 Å². The van der Waals surface area contributed by atoms with E-state index in [0.29, 0.717) is 0 Å². The number of rotatable bonds is 2. The summed E-state index contributed by atoms with van der Waals surface area (Å²) in [5.74, 6) is 0. The molecule has 0 amide bonds. The van der Waals surface area contributed by atoms with Crippen molar-refractivity contribution in [3.63, 3.8) is 0 Å². The zero-order valence-corrected chi connectivity index (χ0v) is 8.70. The van der Waals surface area contributed by atoms with Crippen LogP contribution in [0.3, 0.4) is 0 Å². The zero-order chi connectivity index (χ0) is 9.97. The first-order chi connectivity index (χ1) is 6.77. The highest BCUT2D eigenvalue weighted by atomic mass is 32.1. The van der Waals surface area contributed by atoms with Crippen molar-refractivity contribution in [2.75, 3.05) is 0 Å². The van der Waals surface area contributed by atoms with E-state index in [-0.39, 0.29) is 10.8 Å². The van der Waals surface area contributed by atoms with Gasteiger partial charge in [-0.1, -0.05) is 30.3 Å². The van der Waals surface area contributed by atoms with Gasteiger partial charge in [0.05, 0.1) is 6.04 Å². The molecule has 0 aliphatic rings. The average Bonchev–Trinajstić information content (AvgIpc) is 2.65. The fourth-order valence-electron chi connectivity index (χ4n) is 1.39. The van der Waals surface area contributed by atoms with E-state index in [1.807, 2.05) is 28.4 Å². The molecule has 2 nitrogen and oxygen atoms in total. The molecule has 0 fully saturated rings. The first-order valence-electron chi connectivity index (χ1n) is 4.51. The van der Waals surface area contributed by atoms with Gasteiger partial charge in [-0.3, -0.25) is 8.75 Å². The van der Waals surface area contributed by atoms with Gasteiger partial charge in [0.25, 0.3) is 0 Å². The summed E-state index contributed by atoms with van der Waals surface area (Å²) < 4.78 is 2.07. The van der Waals surface area contributed by atoms with Crippen molar-refractivity contribution < 1.29 is 0 Å². The summed E-state index contributed by atoms with van der Waals surface area (Å²) in [4.78, 5) is 11.0. The molecule has 0 aliphatic carbocycles. The van der Waals surface area contributed by atoms with E-state index in [1.165, 1.54) is 17.1 Å². The van der Waals surface area contributed by atoms with Crippen LogP contribution in [0.2, 0.25) is 0 Å². The number of benzene rings is 1. The van der Waals surface area contributed by atoms with Crippen LogP contribution in [-0.4, -0.2) is 3.96 Å². The van der Waals surface area contributed by atoms with Crippen molar-refractivity contribution in [1.82, 2.24) is 3.96 Å². The van der Waals surface area contributed by atoms with Gasteiger partial charge >= 0.3 is 0 Å². The first kappa shape index (κ1) is 9.21. The Bertz CT molecular complexity index is 457. The quantitative estimate of drug-likeness (QED) is 0.738. The van der Waals surface area contributed by atoms with Crippen LogP contribution < -0.4 is 4.74 Å². The monoisotopic (exact) mass is 205 g/mol. The van der Waals surface area contributed by atoms with E-state index in [4.69, 9.17) is 0 Å². The van der Waals surface area contributed by atoms with Crippen molar-refractivity contribution in [1.29, 1.82) is 0 Å². The largest absolute Gasteiger partial charge is 0.295 e. The lowest BCUT2D eigenvalue weighted by atomic mass is 10.1. The minimum atomic E-state index is 0.104. The second-order valence-corrected chi connectivity index (χ2v) is 4.18. The van der Waals surface area contributed by atoms with Crippen LogP contribution in [-0.2, 0) is 0 Å². The van der Waals surface area contributed by atoms with E-state index >= 15 is 0 Å². The van der Waals surface area contributed by atoms with Crippen molar-refractivity contribution >= 4 is 11.5 Å². The lowest BCUT2D eigenvalue weighted by molar-refractivity contribution is 0.694. The van der Waals surface area contributed by atoms with E-state index in [0.717, 1.165) is 0 Å². The Morgan fingerprint density at radius 3 is 2.50 bits per heavy atom. The Hall–Kier alpha value is -1.35. The van der Waals surface area contributed by atoms with Crippen molar-refractivity contribution in [3.05, 3.63) is 57.7 Å². The molecule has 1 heterocycles. The minimum absolute atomic E-state index is 0.104. The molecule has 0 radical (unpaired) electrons. The molecule has 2 aromatic rings. The number of aromatic nitrogens is 1. The van der Waals surface area contributed by atoms with Crippen molar-refractivity contribution in [2.24, 2.45) is 0 Å². The molecule has 2 rings (SSSR count). The van der Waals surface area contributed by atoms with Crippen molar-refractivity contribution in [2.45, 2.75) is 13.0 Å². The molecule has 1 aromatic heterocycles. The predicted octanol–water partition coefficient (Wildman–Crippen LogP) is 2.52. The third kappa shape index (κ3) is 1.77. The summed E-state index contributed by atoms with van der Waals surface area (Å²) in [5.41, 5.74) is 1.22. The Kier molecular flexibility index (Phi) is 2.50. The number of hydrogen-bond acceptors (Lipinski definition) is 2. The van der Waals surface area contributed by atoms with Crippen LogP contribution in [0.5, 0.6) is 0 Å². The SMILES string of the molecule is CC(c1ccccc1)n1ccc(=O)s1. The van der Waals surface area contributed by atoms with Crippen LogP contribution in [0.15, 0.2) is 47.4 Å². The summed E-state index contributed by atoms with van der Waals surface area (Å²) in [7, 11) is 0. The smallest absolute Gasteiger partial charge is 0.249 e. The second-order valence-electron chi connectivity index (χ2n) is 3.17. The highest BCUT2D eigenvalue weighted by Crippen LogP contribution is 2.17. The summed E-state index contributed by atoms with van der Waals surface area (Å²) >= 11 is 1.25. The standard InChI is InChI=1S/C11H11NOS/c1-9(10-5-3-2-4-6-10)12-8-7-11(13)14-12/h2-9H,1H3. The Morgan fingerprint density at radius 1 is 1.21 bits per heavy atom. The summed E-state index contributed by atoms with van der Waals surface area (Å²) in [5, 5.41) is 0. The van der Waals surface area contributed by atoms with Gasteiger partial charge in [0, 0.05) is 12.3 Å². The Morgan fingerprint density at radius 2 is 1.93 bits per heavy atom. The molecule has 72 valence electrons. The zero-order valence-electron chi connectivity index (χ0n) is 7.88. The molecule has 1 atom stereocenters. The van der Waals surface area contributed by atoms with Crippen LogP contribution in [0.25, 0.3) is 0 Å². The fourth-order valence-corrected chi connectivity index (χ4v) is 2.12. The van der Waals surface area contributed by atoms with Crippen LogP contribution >= 0.6 is 11.5 Å². The second kappa shape index (κ2) is 3.80. The van der Waals surface area contributed by atoms with E-state index in [1.54, 1.807) is 6.07 Å². The molecule has 0 saturated heterocycles. The van der Waals surface area contributed by atoms with Gasteiger partial charge in [-0.25, -0.2) is 0 Å². The van der Waals surface area contributed by atoms with Gasteiger partial charge in [0.1, 0.15) is 0 Å². The van der Waals surface area contributed by atoms with Gasteiger partial charge in [-0.15, -0.1) is 0 Å². The summed E-state index contributed by atoms with van der Waals surface area (Å²) in [6.45, 7) is 2.09. The number of nitrogens with zero attached hydrogens (tertiary/aromatic N) is 1. The molecule has 14 heavy (non-hydrogen) atoms. The Labute approximate surface area is 86.6 Å². The lowest BCUT2D eigenvalue weighted by Gasteiger charge is -2.11. The van der Waals surface area contributed by atoms with Gasteiger partial charge < -0.3 is 0 Å². The van der Waals surface area contributed by atoms with E-state index in [2.05, 4.69) is 19.1 Å². The highest BCUT2D eigenvalue weighted by Gasteiger charge is 2.06. The predicted molar refractivity (Wildman–Crippen MR) is 58.8 cm³/mol. The van der Waals surface area contributed by atoms with Crippen LogP contribution in [0, 0.1) is 0 Å². The maximum Gasteiger partial charge on any atom is 0.249 e. The molecule has 0 spiro atoms. The maximum atomic E-state index is 11.0. The van der Waals surface area contributed by atoms with E-state index in [9.17, 15) is 4.79 Å². The normalized spacial score (nSPS) is 12.6. The first-order valence-corrected chi connectivity index (χ1v) is 5.28. The highest BCUT2D eigenvalue weighted by molar-refractivity contribution is 7.03. The number of hydrogen-bond donors (Lipinski definition) is 0. The van der Waals surface area contributed by atoms with Gasteiger partial charge in [0.2, 0.25) is 4.74 Å². The van der Waals surface area contributed by atoms with Gasteiger partial charge in [0.15, 0.2) is 0 Å². The lowest BCUT2D eigenvalue weighted by Crippen LogP contribution is -2.02. The summed E-state index contributed by atoms with van der Waals surface area (Å²) in [6, 6.07) is 12.0. The third-order valence-corrected chi connectivity index (χ3v) is 3.18.